The monoisotopic (exact) mass is 347 g/mol. The Bertz CT molecular complexity index is 879. The van der Waals surface area contributed by atoms with Crippen LogP contribution in [0.1, 0.15) is 44.3 Å². The average molecular weight is 347 g/mol. The minimum absolute atomic E-state index is 0.513. The molecule has 1 aromatic carbocycles. The van der Waals surface area contributed by atoms with E-state index in [2.05, 4.69) is 37.7 Å². The van der Waals surface area contributed by atoms with E-state index in [0.717, 1.165) is 34.1 Å². The van der Waals surface area contributed by atoms with E-state index in [0.29, 0.717) is 6.04 Å². The lowest BCUT2D eigenvalue weighted by molar-refractivity contribution is 0.617. The Balaban J connectivity index is 1.57. The van der Waals surface area contributed by atoms with Crippen LogP contribution in [0.4, 0.5) is 17.3 Å². The molecular weight excluding hydrogens is 322 g/mol. The van der Waals surface area contributed by atoms with E-state index in [4.69, 9.17) is 0 Å². The summed E-state index contributed by atoms with van der Waals surface area (Å²) in [5.74, 6) is 2.46. The van der Waals surface area contributed by atoms with Gasteiger partial charge in [0.15, 0.2) is 0 Å². The molecule has 0 unspecified atom stereocenters. The molecule has 26 heavy (non-hydrogen) atoms. The van der Waals surface area contributed by atoms with Crippen molar-refractivity contribution >= 4 is 28.2 Å². The highest BCUT2D eigenvalue weighted by molar-refractivity contribution is 5.91. The van der Waals surface area contributed by atoms with Crippen LogP contribution in [0, 0.1) is 6.92 Å². The van der Waals surface area contributed by atoms with Gasteiger partial charge in [-0.3, -0.25) is 4.98 Å². The van der Waals surface area contributed by atoms with Crippen LogP contribution in [0.2, 0.25) is 0 Å². The molecule has 4 rings (SSSR count). The topological polar surface area (TPSA) is 62.7 Å². The predicted octanol–water partition coefficient (Wildman–Crippen LogP) is 5.21. The number of hydrogen-bond donors (Lipinski definition) is 2. The van der Waals surface area contributed by atoms with Crippen molar-refractivity contribution in [1.82, 2.24) is 15.0 Å². The molecule has 0 bridgehead atoms. The highest BCUT2D eigenvalue weighted by Crippen LogP contribution is 2.26. The van der Waals surface area contributed by atoms with Crippen molar-refractivity contribution in [3.8, 4) is 0 Å². The zero-order valence-corrected chi connectivity index (χ0v) is 15.2. The number of aromatic nitrogens is 3. The van der Waals surface area contributed by atoms with Crippen molar-refractivity contribution in [1.29, 1.82) is 0 Å². The SMILES string of the molecule is Cc1nc(Nc2cccc3cccnc23)cc(NC2CCCCCC2)n1. The van der Waals surface area contributed by atoms with Crippen LogP contribution in [0.3, 0.4) is 0 Å². The van der Waals surface area contributed by atoms with Gasteiger partial charge in [0.2, 0.25) is 0 Å². The molecule has 2 heterocycles. The summed E-state index contributed by atoms with van der Waals surface area (Å²) in [7, 11) is 0. The Hall–Kier alpha value is -2.69. The number of nitrogens with zero attached hydrogens (tertiary/aromatic N) is 3. The maximum absolute atomic E-state index is 4.58. The molecule has 0 radical (unpaired) electrons. The van der Waals surface area contributed by atoms with Crippen LogP contribution in [-0.4, -0.2) is 21.0 Å². The van der Waals surface area contributed by atoms with Gasteiger partial charge in [-0.25, -0.2) is 9.97 Å². The van der Waals surface area contributed by atoms with Gasteiger partial charge in [-0.05, 0) is 31.9 Å². The number of para-hydroxylation sites is 1. The fourth-order valence-electron chi connectivity index (χ4n) is 3.68. The van der Waals surface area contributed by atoms with Gasteiger partial charge in [-0.1, -0.05) is 43.9 Å². The number of rotatable bonds is 4. The molecule has 0 spiro atoms. The summed E-state index contributed by atoms with van der Waals surface area (Å²) in [5.41, 5.74) is 1.91. The minimum Gasteiger partial charge on any atom is -0.367 e. The van der Waals surface area contributed by atoms with Crippen molar-refractivity contribution in [2.45, 2.75) is 51.5 Å². The molecule has 0 atom stereocenters. The number of anilines is 3. The lowest BCUT2D eigenvalue weighted by Gasteiger charge is -2.18. The quantitative estimate of drug-likeness (QED) is 0.634. The van der Waals surface area contributed by atoms with Crippen LogP contribution >= 0.6 is 0 Å². The summed E-state index contributed by atoms with van der Waals surface area (Å²) in [4.78, 5) is 13.6. The Morgan fingerprint density at radius 3 is 2.54 bits per heavy atom. The molecule has 2 N–H and O–H groups in total. The normalized spacial score (nSPS) is 15.6. The van der Waals surface area contributed by atoms with Gasteiger partial charge in [-0.2, -0.15) is 0 Å². The zero-order valence-electron chi connectivity index (χ0n) is 15.2. The fourth-order valence-corrected chi connectivity index (χ4v) is 3.68. The van der Waals surface area contributed by atoms with E-state index in [9.17, 15) is 0 Å². The van der Waals surface area contributed by atoms with E-state index >= 15 is 0 Å². The van der Waals surface area contributed by atoms with Gasteiger partial charge in [0, 0.05) is 23.7 Å². The zero-order chi connectivity index (χ0) is 17.8. The summed E-state index contributed by atoms with van der Waals surface area (Å²) < 4.78 is 0. The summed E-state index contributed by atoms with van der Waals surface area (Å²) in [6.07, 6.45) is 9.56. The number of hydrogen-bond acceptors (Lipinski definition) is 5. The Morgan fingerprint density at radius 1 is 0.923 bits per heavy atom. The molecule has 1 aliphatic carbocycles. The maximum atomic E-state index is 4.58. The van der Waals surface area contributed by atoms with E-state index in [-0.39, 0.29) is 0 Å². The Morgan fingerprint density at radius 2 is 1.69 bits per heavy atom. The van der Waals surface area contributed by atoms with E-state index in [1.807, 2.05) is 37.4 Å². The summed E-state index contributed by atoms with van der Waals surface area (Å²) in [6, 6.07) is 12.7. The second-order valence-electron chi connectivity index (χ2n) is 7.02. The molecule has 5 heteroatoms. The first-order chi connectivity index (χ1) is 12.8. The van der Waals surface area contributed by atoms with E-state index < -0.39 is 0 Å². The van der Waals surface area contributed by atoms with Gasteiger partial charge < -0.3 is 10.6 Å². The van der Waals surface area contributed by atoms with Crippen molar-refractivity contribution in [3.05, 3.63) is 48.4 Å². The first-order valence-corrected chi connectivity index (χ1v) is 9.51. The van der Waals surface area contributed by atoms with Crippen molar-refractivity contribution in [2.24, 2.45) is 0 Å². The van der Waals surface area contributed by atoms with Crippen LogP contribution in [0.15, 0.2) is 42.6 Å². The molecule has 1 aliphatic rings. The van der Waals surface area contributed by atoms with Gasteiger partial charge in [0.1, 0.15) is 17.5 Å². The summed E-state index contributed by atoms with van der Waals surface area (Å²) >= 11 is 0. The molecule has 0 saturated heterocycles. The lowest BCUT2D eigenvalue weighted by Crippen LogP contribution is -2.19. The third-order valence-electron chi connectivity index (χ3n) is 4.94. The van der Waals surface area contributed by atoms with Crippen molar-refractivity contribution < 1.29 is 0 Å². The van der Waals surface area contributed by atoms with Gasteiger partial charge in [0.25, 0.3) is 0 Å². The number of nitrogens with one attached hydrogen (secondary N) is 2. The van der Waals surface area contributed by atoms with E-state index in [1.165, 1.54) is 38.5 Å². The molecule has 0 aliphatic heterocycles. The molecule has 2 aromatic heterocycles. The number of pyridine rings is 1. The summed E-state index contributed by atoms with van der Waals surface area (Å²) in [5, 5.41) is 8.15. The predicted molar refractivity (Wildman–Crippen MR) is 107 cm³/mol. The third kappa shape index (κ3) is 3.93. The molecule has 1 fully saturated rings. The smallest absolute Gasteiger partial charge is 0.136 e. The van der Waals surface area contributed by atoms with Gasteiger partial charge in [-0.15, -0.1) is 0 Å². The largest absolute Gasteiger partial charge is 0.367 e. The highest BCUT2D eigenvalue weighted by Gasteiger charge is 2.13. The first kappa shape index (κ1) is 16.8. The van der Waals surface area contributed by atoms with E-state index in [1.54, 1.807) is 0 Å². The first-order valence-electron chi connectivity index (χ1n) is 9.51. The maximum Gasteiger partial charge on any atom is 0.136 e. The van der Waals surface area contributed by atoms with Crippen LogP contribution < -0.4 is 10.6 Å². The third-order valence-corrected chi connectivity index (χ3v) is 4.94. The molecule has 1 saturated carbocycles. The lowest BCUT2D eigenvalue weighted by atomic mass is 10.1. The average Bonchev–Trinajstić information content (AvgIpc) is 2.90. The summed E-state index contributed by atoms with van der Waals surface area (Å²) in [6.45, 7) is 1.94. The van der Waals surface area contributed by atoms with Crippen LogP contribution in [0.5, 0.6) is 0 Å². The molecule has 134 valence electrons. The van der Waals surface area contributed by atoms with Gasteiger partial charge >= 0.3 is 0 Å². The van der Waals surface area contributed by atoms with Gasteiger partial charge in [0.05, 0.1) is 11.2 Å². The second-order valence-corrected chi connectivity index (χ2v) is 7.02. The molecular formula is C21H25N5. The standard InChI is InChI=1S/C21H25N5/c1-15-23-19(25-17-10-4-2-3-5-11-17)14-20(24-15)26-18-12-6-8-16-9-7-13-22-21(16)18/h6-9,12-14,17H,2-5,10-11H2,1H3,(H2,23,24,25,26). The van der Waals surface area contributed by atoms with Crippen LogP contribution in [0.25, 0.3) is 10.9 Å². The number of fused-ring (bicyclic) bond motifs is 1. The second kappa shape index (κ2) is 7.68. The molecule has 0 amide bonds. The van der Waals surface area contributed by atoms with Crippen molar-refractivity contribution in [3.63, 3.8) is 0 Å². The fraction of sp³-hybridized carbons (Fsp3) is 0.381. The minimum atomic E-state index is 0.513. The molecule has 3 aromatic rings. The highest BCUT2D eigenvalue weighted by atomic mass is 15.1. The van der Waals surface area contributed by atoms with Crippen molar-refractivity contribution in [2.75, 3.05) is 10.6 Å². The van der Waals surface area contributed by atoms with Crippen LogP contribution in [-0.2, 0) is 0 Å². The molecule has 5 nitrogen and oxygen atoms in total. The number of aryl methyl sites for hydroxylation is 1. The number of benzene rings is 1. The Labute approximate surface area is 154 Å². The Kier molecular flexibility index (Phi) is 4.95.